The normalized spacial score (nSPS) is 19.2. The fourth-order valence-electron chi connectivity index (χ4n) is 4.29. The molecular weight excluding hydrogens is 511 g/mol. The number of hydrogen-bond acceptors (Lipinski definition) is 5. The van der Waals surface area contributed by atoms with Crippen LogP contribution >= 0.6 is 0 Å². The zero-order chi connectivity index (χ0) is 28.6. The molecule has 1 aliphatic heterocycles. The van der Waals surface area contributed by atoms with Crippen molar-refractivity contribution in [2.45, 2.75) is 58.6 Å². The van der Waals surface area contributed by atoms with Crippen molar-refractivity contribution < 1.29 is 37.7 Å². The van der Waals surface area contributed by atoms with Gasteiger partial charge in [0.1, 0.15) is 18.1 Å². The summed E-state index contributed by atoms with van der Waals surface area (Å²) in [5, 5.41) is 20.2. The van der Waals surface area contributed by atoms with Crippen LogP contribution in [0.1, 0.15) is 61.0 Å². The van der Waals surface area contributed by atoms with Crippen molar-refractivity contribution in [2.75, 3.05) is 13.1 Å². The van der Waals surface area contributed by atoms with E-state index in [4.69, 9.17) is 4.74 Å². The van der Waals surface area contributed by atoms with Crippen LogP contribution in [0.2, 0.25) is 0 Å². The largest absolute Gasteiger partial charge is 0.573 e. The number of carboxylic acids is 1. The number of alkyl halides is 3. The Morgan fingerprint density at radius 3 is 2.49 bits per heavy atom. The van der Waals surface area contributed by atoms with E-state index in [1.54, 1.807) is 12.1 Å². The van der Waals surface area contributed by atoms with Crippen molar-refractivity contribution >= 4 is 5.97 Å². The summed E-state index contributed by atoms with van der Waals surface area (Å²) >= 11 is 0. The van der Waals surface area contributed by atoms with Gasteiger partial charge in [-0.3, -0.25) is 0 Å². The number of carboxylic acid groups (broad SMARTS) is 1. The number of nitrogens with zero attached hydrogens (tertiary/aromatic N) is 1. The zero-order valence-electron chi connectivity index (χ0n) is 22.2. The first-order valence-corrected chi connectivity index (χ1v) is 12.8. The van der Waals surface area contributed by atoms with Gasteiger partial charge in [-0.1, -0.05) is 36.8 Å². The van der Waals surface area contributed by atoms with Gasteiger partial charge in [0.15, 0.2) is 0 Å². The number of hydrogen-bond donors (Lipinski definition) is 2. The van der Waals surface area contributed by atoms with Crippen LogP contribution in [0.25, 0.3) is 0 Å². The van der Waals surface area contributed by atoms with Gasteiger partial charge >= 0.3 is 12.3 Å². The molecule has 6 nitrogen and oxygen atoms in total. The zero-order valence-corrected chi connectivity index (χ0v) is 22.2. The van der Waals surface area contributed by atoms with E-state index in [1.807, 2.05) is 32.1 Å². The minimum absolute atomic E-state index is 0.148. The lowest BCUT2D eigenvalue weighted by Crippen LogP contribution is -2.41. The molecule has 0 aromatic heterocycles. The number of ether oxygens (including phenoxy) is 2. The van der Waals surface area contributed by atoms with E-state index in [1.165, 1.54) is 30.3 Å². The topological polar surface area (TPSA) is 79.2 Å². The van der Waals surface area contributed by atoms with Crippen LogP contribution in [0.5, 0.6) is 5.75 Å². The molecule has 0 bridgehead atoms. The molecule has 0 spiro atoms. The van der Waals surface area contributed by atoms with E-state index < -0.39 is 18.4 Å². The number of piperidine rings is 1. The van der Waals surface area contributed by atoms with E-state index in [2.05, 4.69) is 22.6 Å². The van der Waals surface area contributed by atoms with E-state index >= 15 is 0 Å². The molecule has 1 fully saturated rings. The molecule has 1 saturated heterocycles. The SMILES string of the molecule is C\C=C(/C=C(\C=C(\C)CC)N1CCC(O)C(c2cccc(C(=O)O)c2)C1)OCc1ccc(OC(F)(F)F)cc1. The molecule has 1 heterocycles. The fraction of sp³-hybridized carbons (Fsp3) is 0.367. The molecule has 0 amide bonds. The van der Waals surface area contributed by atoms with E-state index in [9.17, 15) is 28.2 Å². The Hall–Kier alpha value is -3.72. The molecule has 3 rings (SSSR count). The van der Waals surface area contributed by atoms with E-state index in [0.717, 1.165) is 23.3 Å². The Balaban J connectivity index is 1.79. The molecular formula is C30H34F3NO5. The molecule has 2 aromatic carbocycles. The van der Waals surface area contributed by atoms with Crippen molar-refractivity contribution in [2.24, 2.45) is 0 Å². The summed E-state index contributed by atoms with van der Waals surface area (Å²) in [5.74, 6) is -1.01. The standard InChI is InChI=1S/C30H34F3NO5/c1-4-20(3)15-24(17-25(5-2)38-19-21-9-11-26(12-10-21)39-30(31,32)33)34-14-13-28(35)27(18-34)22-7-6-8-23(16-22)29(36)37/h5-12,15-17,27-28,35H,4,13-14,18-19H2,1-3H3,(H,36,37)/b20-15-,24-17+,25-5+. The highest BCUT2D eigenvalue weighted by Gasteiger charge is 2.31. The average Bonchev–Trinajstić information content (AvgIpc) is 2.90. The summed E-state index contributed by atoms with van der Waals surface area (Å²) < 4.78 is 47.1. The van der Waals surface area contributed by atoms with Crippen LogP contribution in [-0.4, -0.2) is 46.6 Å². The second-order valence-corrected chi connectivity index (χ2v) is 9.42. The maximum absolute atomic E-state index is 12.4. The van der Waals surface area contributed by atoms with Gasteiger partial charge in [0.05, 0.1) is 11.7 Å². The molecule has 2 atom stereocenters. The van der Waals surface area contributed by atoms with Gasteiger partial charge in [0.2, 0.25) is 0 Å². The lowest BCUT2D eigenvalue weighted by atomic mass is 9.87. The number of rotatable bonds is 10. The summed E-state index contributed by atoms with van der Waals surface area (Å²) in [6, 6.07) is 12.2. The summed E-state index contributed by atoms with van der Waals surface area (Å²) in [4.78, 5) is 13.6. The molecule has 0 aliphatic carbocycles. The van der Waals surface area contributed by atoms with Gasteiger partial charge in [-0.15, -0.1) is 13.2 Å². The van der Waals surface area contributed by atoms with Crippen molar-refractivity contribution in [1.29, 1.82) is 0 Å². The minimum Gasteiger partial charge on any atom is -0.489 e. The summed E-state index contributed by atoms with van der Waals surface area (Å²) in [6.45, 7) is 7.16. The van der Waals surface area contributed by atoms with Crippen LogP contribution in [0.3, 0.4) is 0 Å². The number of benzene rings is 2. The highest BCUT2D eigenvalue weighted by molar-refractivity contribution is 5.87. The molecule has 9 heteroatoms. The molecule has 39 heavy (non-hydrogen) atoms. The number of aliphatic hydroxyl groups is 1. The monoisotopic (exact) mass is 545 g/mol. The summed E-state index contributed by atoms with van der Waals surface area (Å²) in [5.41, 5.74) is 3.66. The molecule has 210 valence electrons. The van der Waals surface area contributed by atoms with Gasteiger partial charge in [-0.05, 0) is 74.2 Å². The number of carbonyl (C=O) groups is 1. The van der Waals surface area contributed by atoms with E-state index in [0.29, 0.717) is 30.8 Å². The Labute approximate surface area is 226 Å². The molecule has 1 aliphatic rings. The van der Waals surface area contributed by atoms with Crippen molar-refractivity contribution in [1.82, 2.24) is 4.90 Å². The minimum atomic E-state index is -4.75. The van der Waals surface area contributed by atoms with Crippen molar-refractivity contribution in [3.8, 4) is 5.75 Å². The third-order valence-corrected chi connectivity index (χ3v) is 6.59. The Morgan fingerprint density at radius 2 is 1.87 bits per heavy atom. The van der Waals surface area contributed by atoms with Crippen molar-refractivity contribution in [3.63, 3.8) is 0 Å². The second-order valence-electron chi connectivity index (χ2n) is 9.42. The fourth-order valence-corrected chi connectivity index (χ4v) is 4.29. The van der Waals surface area contributed by atoms with Crippen LogP contribution in [0.4, 0.5) is 13.2 Å². The lowest BCUT2D eigenvalue weighted by Gasteiger charge is -2.38. The lowest BCUT2D eigenvalue weighted by molar-refractivity contribution is -0.274. The Morgan fingerprint density at radius 1 is 1.15 bits per heavy atom. The quantitative estimate of drug-likeness (QED) is 0.253. The third-order valence-electron chi connectivity index (χ3n) is 6.59. The summed E-state index contributed by atoms with van der Waals surface area (Å²) in [6.07, 6.45) is 1.78. The Kier molecular flexibility index (Phi) is 10.2. The number of aliphatic hydroxyl groups excluding tert-OH is 1. The number of aromatic carboxylic acids is 1. The Bertz CT molecular complexity index is 1220. The first-order chi connectivity index (χ1) is 18.5. The molecule has 0 radical (unpaired) electrons. The predicted octanol–water partition coefficient (Wildman–Crippen LogP) is 6.79. The maximum Gasteiger partial charge on any atom is 0.573 e. The molecule has 2 unspecified atom stereocenters. The van der Waals surface area contributed by atoms with Crippen molar-refractivity contribution in [3.05, 3.63) is 100 Å². The first-order valence-electron chi connectivity index (χ1n) is 12.8. The first kappa shape index (κ1) is 29.8. The van der Waals surface area contributed by atoms with Crippen LogP contribution in [0, 0.1) is 0 Å². The van der Waals surface area contributed by atoms with E-state index in [-0.39, 0.29) is 23.8 Å². The van der Waals surface area contributed by atoms with Crippen LogP contribution < -0.4 is 4.74 Å². The maximum atomic E-state index is 12.4. The summed E-state index contributed by atoms with van der Waals surface area (Å²) in [7, 11) is 0. The van der Waals surface area contributed by atoms with Gasteiger partial charge in [0.25, 0.3) is 0 Å². The van der Waals surface area contributed by atoms with Gasteiger partial charge in [-0.2, -0.15) is 0 Å². The third kappa shape index (κ3) is 8.92. The number of allylic oxidation sites excluding steroid dienone is 4. The van der Waals surface area contributed by atoms with Crippen LogP contribution in [0.15, 0.2) is 83.8 Å². The second kappa shape index (κ2) is 13.4. The number of likely N-dealkylation sites (tertiary alicyclic amines) is 1. The highest BCUT2D eigenvalue weighted by atomic mass is 19.4. The van der Waals surface area contributed by atoms with Crippen LogP contribution in [-0.2, 0) is 11.3 Å². The molecule has 2 aromatic rings. The predicted molar refractivity (Wildman–Crippen MR) is 142 cm³/mol. The molecule has 2 N–H and O–H groups in total. The number of halogens is 3. The van der Waals surface area contributed by atoms with Gasteiger partial charge < -0.3 is 24.6 Å². The smallest absolute Gasteiger partial charge is 0.489 e. The highest BCUT2D eigenvalue weighted by Crippen LogP contribution is 2.31. The van der Waals surface area contributed by atoms with Gasteiger partial charge in [0, 0.05) is 30.8 Å². The average molecular weight is 546 g/mol. The molecule has 0 saturated carbocycles. The van der Waals surface area contributed by atoms with Gasteiger partial charge in [-0.25, -0.2) is 4.79 Å².